The first-order valence-electron chi connectivity index (χ1n) is 50.3. The summed E-state index contributed by atoms with van der Waals surface area (Å²) in [6.07, 6.45) is 10.3. The Morgan fingerprint density at radius 1 is 0.368 bits per heavy atom. The normalized spacial score (nSPS) is 20.0. The number of piperidine rings is 2. The average molecular weight is 1960 g/mol. The molecule has 8 atom stereocenters. The third-order valence-corrected chi connectivity index (χ3v) is 29.0. The Morgan fingerprint density at radius 2 is 0.715 bits per heavy atom. The van der Waals surface area contributed by atoms with E-state index in [1.807, 2.05) is 103 Å². The number of aryl methyl sites for hydroxylation is 1. The van der Waals surface area contributed by atoms with E-state index in [1.54, 1.807) is 46.3 Å². The topological polar surface area (TPSA) is 367 Å². The van der Waals surface area contributed by atoms with Gasteiger partial charge in [0.2, 0.25) is 23.8 Å². The fourth-order valence-electron chi connectivity index (χ4n) is 20.6. The SMILES string of the molecule is CCC1CCC(C)N(c2nc(N3CCOC[C@@H]3C)c3ccc(-c4ccc(OC)c(CO)c4)nc3n2)C1.COc1ccc(-c2ccc3c(N4CCOC[C@@H]4C)nc(-n4cnc(C)c4C=O)nc3n2)cc1CO.COc1ccc(-c2ccc3c(N4CCOC[C@@H]4C)nc(N4C(C)CCC4C)nc3n2)cc1CO.COc1ccc(-c2ccc3c(N4CCOC[C@@H]4C)nc(N4CCC(c5ccccc5)CC4)nc3n2)cc1CO. The standard InChI is InChI=1S/C31H35N5O3.C28H37N5O3.C26H33N5O3.C25H26N6O4/c1-21-20-39-17-16-36(21)30-26-9-10-27(24-8-11-28(38-2)25(18-24)19-37)32-29(26)33-31(34-30)35-14-12-23(13-15-35)22-6-4-3-5-7-22;1-5-20-7-6-18(2)33(15-20)28-30-26-23(27(31-28)32-12-13-36-17-19(32)3)9-10-24(29-26)21-8-11-25(35-4)22(14-21)16-34;1-16-5-6-17(2)31(16)26-28-24-21(25(29-26)30-11-12-34-15-18(30)3)8-9-22(27-24)19-7-10-23(33-4)20(13-19)14-32;1-15-13-35-9-8-30(15)24-19-5-6-20(17-4-7-22(34-3)18(10-17)11-32)27-23(19)28-25(29-24)31-14-26-16(2)21(31)12-33/h3-11,18,21,23,37H,12-17,19-20H2,1-2H3;8-11,14,18-20,34H,5-7,12-13,15-17H2,1-4H3;7-10,13,16-18,32H,5-6,11-12,14-15H2,1-4H3;4-7,10,12,14-15,32H,8-9,11,13H2,1-3H3/t21-;18?,19-,20?;16?,17?,18-;15-/m0000/s1. The fourth-order valence-corrected chi connectivity index (χ4v) is 20.6. The molecule has 4 N–H and O–H groups in total. The third kappa shape index (κ3) is 21.5. The summed E-state index contributed by atoms with van der Waals surface area (Å²) >= 11 is 0. The molecule has 34 nitrogen and oxygen atoms in total. The van der Waals surface area contributed by atoms with Crippen molar-refractivity contribution in [3.63, 3.8) is 0 Å². The van der Waals surface area contributed by atoms with E-state index < -0.39 is 0 Å². The van der Waals surface area contributed by atoms with Gasteiger partial charge in [-0.05, 0) is 233 Å². The van der Waals surface area contributed by atoms with E-state index in [-0.39, 0.29) is 50.6 Å². The Morgan fingerprint density at radius 3 is 1.08 bits per heavy atom. The van der Waals surface area contributed by atoms with Gasteiger partial charge in [0.15, 0.2) is 28.9 Å². The summed E-state index contributed by atoms with van der Waals surface area (Å²) in [6.45, 7) is 30.0. The van der Waals surface area contributed by atoms with E-state index in [0.717, 1.165) is 203 Å². The lowest BCUT2D eigenvalue weighted by atomic mass is 9.90. The first-order valence-corrected chi connectivity index (χ1v) is 50.3. The number of hydrogen-bond acceptors (Lipinski definition) is 33. The van der Waals surface area contributed by atoms with Crippen LogP contribution in [0.3, 0.4) is 0 Å². The Kier molecular flexibility index (Phi) is 31.8. The monoisotopic (exact) mass is 1950 g/mol. The summed E-state index contributed by atoms with van der Waals surface area (Å²) in [4.78, 5) is 92.1. The Balaban J connectivity index is 0.000000126. The second-order valence-electron chi connectivity index (χ2n) is 38.3. The van der Waals surface area contributed by atoms with Crippen LogP contribution in [0.25, 0.3) is 95.1 Å². The molecule has 21 rings (SSSR count). The number of aldehydes is 1. The first kappa shape index (κ1) is 101. The highest BCUT2D eigenvalue weighted by Gasteiger charge is 2.36. The number of imidazole rings is 1. The van der Waals surface area contributed by atoms with Crippen LogP contribution in [0.4, 0.5) is 41.1 Å². The second-order valence-corrected chi connectivity index (χ2v) is 38.3. The minimum atomic E-state index is -0.148. The Labute approximate surface area is 839 Å². The molecule has 0 bridgehead atoms. The molecule has 5 aromatic carbocycles. The van der Waals surface area contributed by atoms with Crippen LogP contribution in [-0.4, -0.2) is 265 Å². The van der Waals surface area contributed by atoms with Crippen molar-refractivity contribution < 1.29 is 63.1 Å². The van der Waals surface area contributed by atoms with Gasteiger partial charge in [0, 0.05) is 108 Å². The summed E-state index contributed by atoms with van der Waals surface area (Å²) in [7, 11) is 6.40. The maximum atomic E-state index is 11.7. The number of pyridine rings is 4. The van der Waals surface area contributed by atoms with E-state index in [2.05, 4.69) is 143 Å². The predicted molar refractivity (Wildman–Crippen MR) is 560 cm³/mol. The number of fused-ring (bicyclic) bond motifs is 4. The van der Waals surface area contributed by atoms with Gasteiger partial charge in [0.1, 0.15) is 58.3 Å². The van der Waals surface area contributed by atoms with E-state index in [0.29, 0.717) is 164 Å². The smallest absolute Gasteiger partial charge is 0.239 e. The molecule has 754 valence electrons. The van der Waals surface area contributed by atoms with Gasteiger partial charge in [0.25, 0.3) is 0 Å². The van der Waals surface area contributed by atoms with Crippen LogP contribution in [0.2, 0.25) is 0 Å². The number of aliphatic hydroxyl groups excluding tert-OH is 4. The summed E-state index contributed by atoms with van der Waals surface area (Å²) in [6, 6.07) is 51.7. The number of carbonyl (C=O) groups is 1. The lowest BCUT2D eigenvalue weighted by Gasteiger charge is -2.39. The molecule has 14 aromatic rings. The quantitative estimate of drug-likeness (QED) is 0.0432. The van der Waals surface area contributed by atoms with Gasteiger partial charge in [-0.3, -0.25) is 9.36 Å². The number of nitrogens with zero attached hydrogens (tertiary/aromatic N) is 21. The highest BCUT2D eigenvalue weighted by atomic mass is 16.5. The van der Waals surface area contributed by atoms with Gasteiger partial charge in [-0.25, -0.2) is 24.9 Å². The lowest BCUT2D eigenvalue weighted by molar-refractivity contribution is 0.0986. The molecule has 34 heteroatoms. The van der Waals surface area contributed by atoms with Crippen molar-refractivity contribution >= 4 is 91.5 Å². The van der Waals surface area contributed by atoms with Crippen LogP contribution in [0.1, 0.15) is 150 Å². The van der Waals surface area contributed by atoms with Crippen molar-refractivity contribution in [1.29, 1.82) is 0 Å². The molecule has 9 aromatic heterocycles. The maximum absolute atomic E-state index is 11.7. The number of anilines is 7. The van der Waals surface area contributed by atoms with Crippen molar-refractivity contribution in [3.8, 4) is 74.0 Å². The molecule has 7 aliphatic rings. The predicted octanol–water partition coefficient (Wildman–Crippen LogP) is 15.8. The first-order chi connectivity index (χ1) is 70.2. The lowest BCUT2D eigenvalue weighted by Crippen LogP contribution is -2.45. The van der Waals surface area contributed by atoms with E-state index in [4.69, 9.17) is 97.7 Å². The van der Waals surface area contributed by atoms with E-state index in [9.17, 15) is 25.2 Å². The van der Waals surface area contributed by atoms with Gasteiger partial charge in [-0.1, -0.05) is 43.7 Å². The molecule has 144 heavy (non-hydrogen) atoms. The average Bonchev–Trinajstić information content (AvgIpc) is 1.68. The molecular weight excluding hydrogens is 1820 g/mol. The molecule has 0 radical (unpaired) electrons. The molecule has 0 spiro atoms. The van der Waals surface area contributed by atoms with Crippen molar-refractivity contribution in [3.05, 3.63) is 197 Å². The third-order valence-electron chi connectivity index (χ3n) is 29.0. The highest BCUT2D eigenvalue weighted by molar-refractivity contribution is 5.94. The molecule has 16 heterocycles. The minimum absolute atomic E-state index is 0.0958. The van der Waals surface area contributed by atoms with E-state index >= 15 is 0 Å². The molecule has 7 fully saturated rings. The van der Waals surface area contributed by atoms with Crippen molar-refractivity contribution in [2.75, 3.05) is 161 Å². The molecule has 0 amide bonds. The van der Waals surface area contributed by atoms with Gasteiger partial charge in [-0.2, -0.15) is 39.9 Å². The zero-order valence-electron chi connectivity index (χ0n) is 84.5. The maximum Gasteiger partial charge on any atom is 0.239 e. The number of aromatic nitrogens is 14. The molecule has 0 saturated carbocycles. The molecule has 7 aliphatic heterocycles. The van der Waals surface area contributed by atoms with Crippen LogP contribution in [0, 0.1) is 12.8 Å². The number of methoxy groups -OCH3 is 4. The number of rotatable bonds is 23. The molecule has 7 saturated heterocycles. The molecular formula is C110H131N21O13. The largest absolute Gasteiger partial charge is 0.496 e. The number of aliphatic hydroxyl groups is 4. The van der Waals surface area contributed by atoms with Crippen molar-refractivity contribution in [2.24, 2.45) is 5.92 Å². The summed E-state index contributed by atoms with van der Waals surface area (Å²) < 4.78 is 45.8. The van der Waals surface area contributed by atoms with Crippen LogP contribution >= 0.6 is 0 Å². The fraction of sp³-hybridized carbons (Fsp3) is 0.436. The Hall–Kier alpha value is -13.6. The van der Waals surface area contributed by atoms with Crippen LogP contribution in [0.15, 0.2) is 158 Å². The summed E-state index contributed by atoms with van der Waals surface area (Å²) in [5, 5.41) is 42.8. The summed E-state index contributed by atoms with van der Waals surface area (Å²) in [5.41, 5.74) is 14.5. The number of benzene rings is 5. The zero-order chi connectivity index (χ0) is 100. The molecule has 0 aliphatic carbocycles. The number of hydrogen-bond donors (Lipinski definition) is 4. The minimum Gasteiger partial charge on any atom is -0.496 e. The van der Waals surface area contributed by atoms with Gasteiger partial charge in [0.05, 0.1) is 182 Å². The summed E-state index contributed by atoms with van der Waals surface area (Å²) in [5.74, 6) is 9.88. The van der Waals surface area contributed by atoms with Gasteiger partial charge in [-0.15, -0.1) is 0 Å². The highest BCUT2D eigenvalue weighted by Crippen LogP contribution is 2.42. The molecule has 4 unspecified atom stereocenters. The van der Waals surface area contributed by atoms with Gasteiger partial charge < -0.3 is 92.6 Å². The Bertz CT molecular complexity index is 6850. The van der Waals surface area contributed by atoms with E-state index in [1.165, 1.54) is 12.0 Å². The van der Waals surface area contributed by atoms with Crippen LogP contribution in [-0.2, 0) is 45.4 Å². The van der Waals surface area contributed by atoms with Crippen molar-refractivity contribution in [2.45, 2.75) is 182 Å². The second kappa shape index (κ2) is 45.6. The van der Waals surface area contributed by atoms with Crippen LogP contribution in [0.5, 0.6) is 23.0 Å². The van der Waals surface area contributed by atoms with Crippen molar-refractivity contribution in [1.82, 2.24) is 69.4 Å². The van der Waals surface area contributed by atoms with Crippen LogP contribution < -0.4 is 53.2 Å². The zero-order valence-corrected chi connectivity index (χ0v) is 84.5. The number of ether oxygens (including phenoxy) is 8. The van der Waals surface area contributed by atoms with Gasteiger partial charge >= 0.3 is 0 Å². The number of carbonyl (C=O) groups excluding carboxylic acids is 1. The number of morpholine rings is 4.